The molecule has 0 saturated heterocycles. The van der Waals surface area contributed by atoms with Gasteiger partial charge in [0.2, 0.25) is 0 Å². The van der Waals surface area contributed by atoms with E-state index in [-0.39, 0.29) is 12.1 Å². The summed E-state index contributed by atoms with van der Waals surface area (Å²) in [5.74, 6) is 1.51. The van der Waals surface area contributed by atoms with Crippen molar-refractivity contribution in [2.24, 2.45) is 0 Å². The van der Waals surface area contributed by atoms with Crippen LogP contribution in [-0.2, 0) is 0 Å². The molecule has 4 rings (SSSR count). The highest BCUT2D eigenvalue weighted by molar-refractivity contribution is 5.94. The number of anilines is 1. The van der Waals surface area contributed by atoms with E-state index in [1.165, 1.54) is 68.9 Å². The summed E-state index contributed by atoms with van der Waals surface area (Å²) in [6.45, 7) is 5.55. The van der Waals surface area contributed by atoms with E-state index in [0.717, 1.165) is 35.9 Å². The number of nitrogens with one attached hydrogen (secondary N) is 1. The number of unbranched alkanes of at least 4 members (excludes halogenated alkanes) is 4. The lowest BCUT2D eigenvalue weighted by Crippen LogP contribution is -2.47. The molecule has 4 nitrogen and oxygen atoms in total. The molecule has 0 bridgehead atoms. The smallest absolute Gasteiger partial charge is 0.322 e. The van der Waals surface area contributed by atoms with Gasteiger partial charge in [0.15, 0.2) is 0 Å². The SMILES string of the molecule is CCCCCCCNC(=O)N1CC(C)Oc2cc(-c3ccc(C4CCCCC4)cc3)ccc21. The first-order chi connectivity index (χ1) is 16.2. The molecule has 0 spiro atoms. The van der Waals surface area contributed by atoms with Crippen molar-refractivity contribution in [2.75, 3.05) is 18.0 Å². The number of amides is 2. The molecular formula is C29H40N2O2. The van der Waals surface area contributed by atoms with E-state index in [1.54, 1.807) is 0 Å². The molecule has 2 aliphatic rings. The number of carbonyl (C=O) groups excluding carboxylic acids is 1. The number of ether oxygens (including phenoxy) is 1. The molecule has 1 fully saturated rings. The van der Waals surface area contributed by atoms with E-state index in [4.69, 9.17) is 4.74 Å². The van der Waals surface area contributed by atoms with Crippen LogP contribution in [-0.4, -0.2) is 25.2 Å². The van der Waals surface area contributed by atoms with E-state index in [2.05, 4.69) is 48.6 Å². The first-order valence-electron chi connectivity index (χ1n) is 13.1. The molecule has 1 N–H and O–H groups in total. The Labute approximate surface area is 199 Å². The van der Waals surface area contributed by atoms with Gasteiger partial charge in [0, 0.05) is 6.54 Å². The van der Waals surface area contributed by atoms with Gasteiger partial charge in [0.25, 0.3) is 0 Å². The lowest BCUT2D eigenvalue weighted by atomic mass is 9.84. The predicted molar refractivity (Wildman–Crippen MR) is 137 cm³/mol. The standard InChI is InChI=1S/C29H40N2O2/c1-3-4-5-6-10-19-30-29(32)31-21-22(2)33-28-20-26(17-18-27(28)31)25-15-13-24(14-16-25)23-11-8-7-9-12-23/h13-18,20,22-23H,3-12,19,21H2,1-2H3,(H,30,32). The zero-order valence-electron chi connectivity index (χ0n) is 20.4. The van der Waals surface area contributed by atoms with Crippen LogP contribution >= 0.6 is 0 Å². The van der Waals surface area contributed by atoms with Crippen LogP contribution in [0.4, 0.5) is 10.5 Å². The first kappa shape index (κ1) is 23.7. The molecular weight excluding hydrogens is 408 g/mol. The van der Waals surface area contributed by atoms with Crippen molar-refractivity contribution >= 4 is 11.7 Å². The summed E-state index contributed by atoms with van der Waals surface area (Å²) in [5.41, 5.74) is 4.66. The monoisotopic (exact) mass is 448 g/mol. The summed E-state index contributed by atoms with van der Waals surface area (Å²) < 4.78 is 6.14. The molecule has 1 saturated carbocycles. The largest absolute Gasteiger partial charge is 0.487 e. The topological polar surface area (TPSA) is 41.6 Å². The number of hydrogen-bond acceptors (Lipinski definition) is 2. The van der Waals surface area contributed by atoms with Crippen molar-refractivity contribution in [1.29, 1.82) is 0 Å². The highest BCUT2D eigenvalue weighted by Gasteiger charge is 2.28. The summed E-state index contributed by atoms with van der Waals surface area (Å²) in [4.78, 5) is 14.7. The van der Waals surface area contributed by atoms with Crippen molar-refractivity contribution in [3.05, 3.63) is 48.0 Å². The molecule has 2 amide bonds. The van der Waals surface area contributed by atoms with Crippen LogP contribution in [0.15, 0.2) is 42.5 Å². The maximum atomic E-state index is 12.9. The summed E-state index contributed by atoms with van der Waals surface area (Å²) in [7, 11) is 0. The predicted octanol–water partition coefficient (Wildman–Crippen LogP) is 7.67. The molecule has 0 radical (unpaired) electrons. The van der Waals surface area contributed by atoms with Gasteiger partial charge in [0.05, 0.1) is 12.2 Å². The van der Waals surface area contributed by atoms with Crippen molar-refractivity contribution in [2.45, 2.75) is 90.1 Å². The number of hydrogen-bond donors (Lipinski definition) is 1. The third-order valence-electron chi connectivity index (χ3n) is 7.14. The number of benzene rings is 2. The van der Waals surface area contributed by atoms with Crippen LogP contribution in [0.1, 0.15) is 89.5 Å². The molecule has 1 atom stereocenters. The summed E-state index contributed by atoms with van der Waals surface area (Å²) in [6.07, 6.45) is 12.7. The second kappa shape index (κ2) is 11.6. The highest BCUT2D eigenvalue weighted by Crippen LogP contribution is 2.38. The molecule has 1 unspecified atom stereocenters. The van der Waals surface area contributed by atoms with Crippen LogP contribution in [0, 0.1) is 0 Å². The van der Waals surface area contributed by atoms with Gasteiger partial charge >= 0.3 is 6.03 Å². The molecule has 1 aliphatic carbocycles. The first-order valence-corrected chi connectivity index (χ1v) is 13.1. The minimum absolute atomic E-state index is 0.0218. The summed E-state index contributed by atoms with van der Waals surface area (Å²) in [5, 5.41) is 3.11. The van der Waals surface area contributed by atoms with Crippen molar-refractivity contribution in [1.82, 2.24) is 5.32 Å². The van der Waals surface area contributed by atoms with Gasteiger partial charge in [0.1, 0.15) is 11.9 Å². The van der Waals surface area contributed by atoms with Crippen LogP contribution in [0.5, 0.6) is 5.75 Å². The average Bonchev–Trinajstić information content (AvgIpc) is 2.85. The third kappa shape index (κ3) is 6.10. The molecule has 2 aromatic rings. The second-order valence-corrected chi connectivity index (χ2v) is 9.82. The molecule has 4 heteroatoms. The van der Waals surface area contributed by atoms with Gasteiger partial charge in [-0.15, -0.1) is 0 Å². The lowest BCUT2D eigenvalue weighted by Gasteiger charge is -2.33. The molecule has 33 heavy (non-hydrogen) atoms. The molecule has 1 heterocycles. The van der Waals surface area contributed by atoms with Crippen LogP contribution in [0.2, 0.25) is 0 Å². The quantitative estimate of drug-likeness (QED) is 0.421. The fraction of sp³-hybridized carbons (Fsp3) is 0.552. The average molecular weight is 449 g/mol. The number of nitrogens with zero attached hydrogens (tertiary/aromatic N) is 1. The minimum atomic E-state index is -0.0308. The lowest BCUT2D eigenvalue weighted by molar-refractivity contribution is 0.205. The third-order valence-corrected chi connectivity index (χ3v) is 7.14. The molecule has 0 aromatic heterocycles. The molecule has 1 aliphatic heterocycles. The fourth-order valence-electron chi connectivity index (χ4n) is 5.22. The maximum Gasteiger partial charge on any atom is 0.322 e. The highest BCUT2D eigenvalue weighted by atomic mass is 16.5. The van der Waals surface area contributed by atoms with E-state index in [1.807, 2.05) is 17.9 Å². The zero-order chi connectivity index (χ0) is 23.0. The summed E-state index contributed by atoms with van der Waals surface area (Å²) in [6, 6.07) is 15.3. The number of urea groups is 1. The Morgan fingerprint density at radius 1 is 0.970 bits per heavy atom. The van der Waals surface area contributed by atoms with E-state index < -0.39 is 0 Å². The van der Waals surface area contributed by atoms with E-state index >= 15 is 0 Å². The van der Waals surface area contributed by atoms with Gasteiger partial charge in [-0.3, -0.25) is 4.90 Å². The van der Waals surface area contributed by atoms with Gasteiger partial charge in [-0.25, -0.2) is 4.79 Å². The number of carbonyl (C=O) groups is 1. The minimum Gasteiger partial charge on any atom is -0.487 e. The van der Waals surface area contributed by atoms with Gasteiger partial charge in [-0.05, 0) is 60.9 Å². The molecule has 178 valence electrons. The van der Waals surface area contributed by atoms with Gasteiger partial charge < -0.3 is 10.1 Å². The second-order valence-electron chi connectivity index (χ2n) is 9.82. The normalized spacial score (nSPS) is 18.5. The van der Waals surface area contributed by atoms with E-state index in [9.17, 15) is 4.79 Å². The van der Waals surface area contributed by atoms with Crippen LogP contribution in [0.3, 0.4) is 0 Å². The van der Waals surface area contributed by atoms with E-state index in [0.29, 0.717) is 6.54 Å². The van der Waals surface area contributed by atoms with Crippen molar-refractivity contribution in [3.63, 3.8) is 0 Å². The van der Waals surface area contributed by atoms with Gasteiger partial charge in [-0.2, -0.15) is 0 Å². The Morgan fingerprint density at radius 3 is 2.45 bits per heavy atom. The number of rotatable bonds is 8. The van der Waals surface area contributed by atoms with Crippen molar-refractivity contribution in [3.8, 4) is 16.9 Å². The maximum absolute atomic E-state index is 12.9. The Hall–Kier alpha value is -2.49. The Balaban J connectivity index is 1.42. The van der Waals surface area contributed by atoms with Crippen LogP contribution in [0.25, 0.3) is 11.1 Å². The zero-order valence-corrected chi connectivity index (χ0v) is 20.4. The Bertz CT molecular complexity index is 902. The van der Waals surface area contributed by atoms with Crippen molar-refractivity contribution < 1.29 is 9.53 Å². The fourth-order valence-corrected chi connectivity index (χ4v) is 5.22. The summed E-state index contributed by atoms with van der Waals surface area (Å²) >= 11 is 0. The Morgan fingerprint density at radius 2 is 1.70 bits per heavy atom. The number of fused-ring (bicyclic) bond motifs is 1. The van der Waals surface area contributed by atoms with Crippen LogP contribution < -0.4 is 15.0 Å². The Kier molecular flexibility index (Phi) is 8.30. The molecule has 2 aromatic carbocycles. The van der Waals surface area contributed by atoms with Gasteiger partial charge in [-0.1, -0.05) is 82.2 Å².